The number of benzene rings is 2. The van der Waals surface area contributed by atoms with E-state index < -0.39 is 10.0 Å². The van der Waals surface area contributed by atoms with E-state index in [1.54, 1.807) is 13.0 Å². The lowest BCUT2D eigenvalue weighted by molar-refractivity contribution is 0.0955. The molecule has 0 aliphatic heterocycles. The summed E-state index contributed by atoms with van der Waals surface area (Å²) in [6.07, 6.45) is 1.49. The molecule has 2 N–H and O–H groups in total. The largest absolute Gasteiger partial charge is 0.352 e. The molecule has 0 saturated carbocycles. The molecule has 26 heavy (non-hydrogen) atoms. The first-order valence-electron chi connectivity index (χ1n) is 8.78. The second-order valence-electron chi connectivity index (χ2n) is 6.38. The summed E-state index contributed by atoms with van der Waals surface area (Å²) in [5, 5.41) is 2.71. The second kappa shape index (κ2) is 8.96. The normalized spacial score (nSPS) is 12.6. The van der Waals surface area contributed by atoms with Crippen molar-refractivity contribution in [2.45, 2.75) is 44.6 Å². The van der Waals surface area contributed by atoms with Crippen LogP contribution in [0.15, 0.2) is 53.4 Å². The third-order valence-electron chi connectivity index (χ3n) is 4.17. The number of nitrogens with one attached hydrogen (secondary N) is 2. The number of sulfonamides is 1. The molecule has 0 aliphatic rings. The summed E-state index contributed by atoms with van der Waals surface area (Å²) in [5.74, 6) is -0.265. The summed E-state index contributed by atoms with van der Waals surface area (Å²) < 4.78 is 28.0. The summed E-state index contributed by atoms with van der Waals surface area (Å²) in [6, 6.07) is 14.4. The standard InChI is InChI=1S/C20H26N2O3S/c1-4-21-20(23)19-14-18(13-10-15(19)2)26(24,25)22-16(3)11-12-17-8-6-5-7-9-17/h5-10,13-14,16,22H,4,11-12H2,1-3H3,(H,21,23)/t16-/m1/s1. The van der Waals surface area contributed by atoms with Gasteiger partial charge in [-0.3, -0.25) is 4.79 Å². The zero-order valence-electron chi connectivity index (χ0n) is 15.5. The number of hydrogen-bond donors (Lipinski definition) is 2. The van der Waals surface area contributed by atoms with Gasteiger partial charge in [0.2, 0.25) is 10.0 Å². The third-order valence-corrected chi connectivity index (χ3v) is 5.75. The van der Waals surface area contributed by atoms with E-state index in [1.165, 1.54) is 17.7 Å². The number of rotatable bonds is 8. The van der Waals surface area contributed by atoms with Crippen molar-refractivity contribution in [1.29, 1.82) is 0 Å². The third kappa shape index (κ3) is 5.41. The van der Waals surface area contributed by atoms with Gasteiger partial charge in [0.05, 0.1) is 4.90 Å². The van der Waals surface area contributed by atoms with Gasteiger partial charge in [-0.05, 0) is 56.9 Å². The van der Waals surface area contributed by atoms with E-state index in [0.717, 1.165) is 12.0 Å². The minimum Gasteiger partial charge on any atom is -0.352 e. The first-order valence-corrected chi connectivity index (χ1v) is 10.3. The molecule has 0 saturated heterocycles. The van der Waals surface area contributed by atoms with E-state index in [0.29, 0.717) is 18.5 Å². The molecule has 0 spiro atoms. The van der Waals surface area contributed by atoms with Crippen LogP contribution in [0.3, 0.4) is 0 Å². The van der Waals surface area contributed by atoms with E-state index in [-0.39, 0.29) is 16.8 Å². The number of carbonyl (C=O) groups excluding carboxylic acids is 1. The molecule has 5 nitrogen and oxygen atoms in total. The van der Waals surface area contributed by atoms with Gasteiger partial charge in [-0.2, -0.15) is 0 Å². The molecule has 0 unspecified atom stereocenters. The highest BCUT2D eigenvalue weighted by Crippen LogP contribution is 2.17. The lowest BCUT2D eigenvalue weighted by Crippen LogP contribution is -2.33. The topological polar surface area (TPSA) is 75.3 Å². The average molecular weight is 375 g/mol. The molecule has 6 heteroatoms. The Labute approximate surface area is 155 Å². The van der Waals surface area contributed by atoms with E-state index in [1.807, 2.05) is 44.2 Å². The maximum Gasteiger partial charge on any atom is 0.251 e. The molecular weight excluding hydrogens is 348 g/mol. The maximum atomic E-state index is 12.7. The molecular formula is C20H26N2O3S. The van der Waals surface area contributed by atoms with Gasteiger partial charge in [0, 0.05) is 18.2 Å². The summed E-state index contributed by atoms with van der Waals surface area (Å²) in [6.45, 7) is 5.95. The van der Waals surface area contributed by atoms with Crippen LogP contribution in [0, 0.1) is 6.92 Å². The molecule has 2 rings (SSSR count). The highest BCUT2D eigenvalue weighted by Gasteiger charge is 2.20. The van der Waals surface area contributed by atoms with E-state index in [9.17, 15) is 13.2 Å². The molecule has 1 atom stereocenters. The highest BCUT2D eigenvalue weighted by atomic mass is 32.2. The van der Waals surface area contributed by atoms with Gasteiger partial charge in [-0.1, -0.05) is 36.4 Å². The van der Waals surface area contributed by atoms with Crippen LogP contribution in [0.1, 0.15) is 41.8 Å². The Kier molecular flexibility index (Phi) is 6.94. The van der Waals surface area contributed by atoms with Crippen molar-refractivity contribution < 1.29 is 13.2 Å². The Bertz CT molecular complexity index is 849. The molecule has 0 bridgehead atoms. The summed E-state index contributed by atoms with van der Waals surface area (Å²) >= 11 is 0. The Morgan fingerprint density at radius 2 is 1.81 bits per heavy atom. The Hall–Kier alpha value is -2.18. The number of carbonyl (C=O) groups is 1. The van der Waals surface area contributed by atoms with E-state index in [2.05, 4.69) is 10.0 Å². The SMILES string of the molecule is CCNC(=O)c1cc(S(=O)(=O)N[C@H](C)CCc2ccccc2)ccc1C. The Balaban J connectivity index is 2.09. The molecule has 1 amide bonds. The van der Waals surface area contributed by atoms with Crippen LogP contribution in [0.4, 0.5) is 0 Å². The maximum absolute atomic E-state index is 12.7. The van der Waals surface area contributed by atoms with Crippen molar-refractivity contribution in [3.63, 3.8) is 0 Å². The van der Waals surface area contributed by atoms with Crippen LogP contribution in [-0.4, -0.2) is 26.9 Å². The fraction of sp³-hybridized carbons (Fsp3) is 0.350. The van der Waals surface area contributed by atoms with Gasteiger partial charge < -0.3 is 5.32 Å². The summed E-state index contributed by atoms with van der Waals surface area (Å²) in [5.41, 5.74) is 2.30. The highest BCUT2D eigenvalue weighted by molar-refractivity contribution is 7.89. The monoisotopic (exact) mass is 374 g/mol. The Morgan fingerprint density at radius 3 is 2.46 bits per heavy atom. The number of hydrogen-bond acceptors (Lipinski definition) is 3. The van der Waals surface area contributed by atoms with Crippen LogP contribution in [0.5, 0.6) is 0 Å². The van der Waals surface area contributed by atoms with Crippen LogP contribution in [0.2, 0.25) is 0 Å². The molecule has 0 radical (unpaired) electrons. The van der Waals surface area contributed by atoms with E-state index >= 15 is 0 Å². The van der Waals surface area contributed by atoms with Crippen molar-refractivity contribution >= 4 is 15.9 Å². The van der Waals surface area contributed by atoms with Crippen LogP contribution in [-0.2, 0) is 16.4 Å². The summed E-state index contributed by atoms with van der Waals surface area (Å²) in [7, 11) is -3.68. The number of aryl methyl sites for hydroxylation is 2. The predicted molar refractivity (Wildman–Crippen MR) is 104 cm³/mol. The molecule has 0 fully saturated rings. The minimum absolute atomic E-state index is 0.107. The average Bonchev–Trinajstić information content (AvgIpc) is 2.61. The fourth-order valence-corrected chi connectivity index (χ4v) is 3.99. The molecule has 140 valence electrons. The van der Waals surface area contributed by atoms with Gasteiger partial charge in [-0.25, -0.2) is 13.1 Å². The first-order chi connectivity index (χ1) is 12.3. The predicted octanol–water partition coefficient (Wildman–Crippen LogP) is 3.04. The molecule has 0 aromatic heterocycles. The molecule has 2 aromatic carbocycles. The molecule has 2 aromatic rings. The fourth-order valence-electron chi connectivity index (χ4n) is 2.69. The van der Waals surface area contributed by atoms with Crippen LogP contribution >= 0.6 is 0 Å². The van der Waals surface area contributed by atoms with Crippen molar-refractivity contribution in [1.82, 2.24) is 10.0 Å². The zero-order valence-corrected chi connectivity index (χ0v) is 16.3. The molecule has 0 aliphatic carbocycles. The first kappa shape index (κ1) is 20.1. The Morgan fingerprint density at radius 1 is 1.12 bits per heavy atom. The van der Waals surface area contributed by atoms with Crippen LogP contribution < -0.4 is 10.0 Å². The van der Waals surface area contributed by atoms with Crippen molar-refractivity contribution in [3.8, 4) is 0 Å². The van der Waals surface area contributed by atoms with Gasteiger partial charge in [-0.15, -0.1) is 0 Å². The van der Waals surface area contributed by atoms with Crippen molar-refractivity contribution in [2.75, 3.05) is 6.54 Å². The van der Waals surface area contributed by atoms with Crippen molar-refractivity contribution in [3.05, 3.63) is 65.2 Å². The molecule has 0 heterocycles. The number of amides is 1. The lowest BCUT2D eigenvalue weighted by Gasteiger charge is -2.15. The minimum atomic E-state index is -3.68. The van der Waals surface area contributed by atoms with Crippen molar-refractivity contribution in [2.24, 2.45) is 0 Å². The van der Waals surface area contributed by atoms with E-state index in [4.69, 9.17) is 0 Å². The van der Waals surface area contributed by atoms with Gasteiger partial charge in [0.1, 0.15) is 0 Å². The quantitative estimate of drug-likeness (QED) is 0.746. The second-order valence-corrected chi connectivity index (χ2v) is 8.10. The van der Waals surface area contributed by atoms with Gasteiger partial charge >= 0.3 is 0 Å². The van der Waals surface area contributed by atoms with Crippen LogP contribution in [0.25, 0.3) is 0 Å². The summed E-state index contributed by atoms with van der Waals surface area (Å²) in [4.78, 5) is 12.2. The lowest BCUT2D eigenvalue weighted by atomic mass is 10.1. The van der Waals surface area contributed by atoms with Gasteiger partial charge in [0.15, 0.2) is 0 Å². The van der Waals surface area contributed by atoms with Gasteiger partial charge in [0.25, 0.3) is 5.91 Å². The smallest absolute Gasteiger partial charge is 0.251 e. The zero-order chi connectivity index (χ0) is 19.2.